The number of ketones is 1. The fourth-order valence-corrected chi connectivity index (χ4v) is 3.64. The molecule has 0 radical (unpaired) electrons. The molecule has 32 heavy (non-hydrogen) atoms. The van der Waals surface area contributed by atoms with Crippen LogP contribution >= 0.6 is 0 Å². The molecule has 0 saturated carbocycles. The number of carbonyl (C=O) groups excluding carboxylic acids is 3. The van der Waals surface area contributed by atoms with Gasteiger partial charge in [-0.1, -0.05) is 45.4 Å². The number of benzene rings is 1. The van der Waals surface area contributed by atoms with Crippen molar-refractivity contribution >= 4 is 29.3 Å². The third kappa shape index (κ3) is 8.32. The standard InChI is InChI=1S/C24H34N2O6/c1-2-20(27)18-12-13-21-19(15-18)26(23(29)17-32-21)16-22(28)25-14-10-8-6-4-3-5-7-9-11-24(30)31/h12-13,15H,2-11,14,16-17H2,1H3,(H,25,28)(H,30,31). The van der Waals surface area contributed by atoms with E-state index >= 15 is 0 Å². The van der Waals surface area contributed by atoms with Crippen LogP contribution in [0, 0.1) is 0 Å². The highest BCUT2D eigenvalue weighted by Gasteiger charge is 2.28. The maximum absolute atomic E-state index is 12.4. The average molecular weight is 447 g/mol. The summed E-state index contributed by atoms with van der Waals surface area (Å²) in [7, 11) is 0. The molecule has 0 aromatic heterocycles. The predicted octanol–water partition coefficient (Wildman–Crippen LogP) is 3.72. The number of ether oxygens (including phenoxy) is 1. The molecule has 0 atom stereocenters. The second-order valence-corrected chi connectivity index (χ2v) is 8.05. The SMILES string of the molecule is CCC(=O)c1ccc2c(c1)N(CC(=O)NCCCCCCCCCCC(=O)O)C(=O)CO2. The summed E-state index contributed by atoms with van der Waals surface area (Å²) in [6, 6.07) is 4.96. The van der Waals surface area contributed by atoms with Crippen molar-refractivity contribution < 1.29 is 29.0 Å². The van der Waals surface area contributed by atoms with Gasteiger partial charge in [-0.05, 0) is 31.0 Å². The van der Waals surface area contributed by atoms with E-state index < -0.39 is 5.97 Å². The number of carboxylic acid groups (broad SMARTS) is 1. The Morgan fingerprint density at radius 2 is 1.69 bits per heavy atom. The van der Waals surface area contributed by atoms with Crippen molar-refractivity contribution in [3.63, 3.8) is 0 Å². The van der Waals surface area contributed by atoms with Crippen LogP contribution in [-0.4, -0.2) is 48.4 Å². The molecule has 0 saturated heterocycles. The van der Waals surface area contributed by atoms with Crippen molar-refractivity contribution in [1.29, 1.82) is 0 Å². The van der Waals surface area contributed by atoms with Gasteiger partial charge in [0, 0.05) is 24.9 Å². The molecule has 1 aliphatic rings. The summed E-state index contributed by atoms with van der Waals surface area (Å²) in [6.45, 7) is 2.10. The first-order valence-electron chi connectivity index (χ1n) is 11.5. The minimum Gasteiger partial charge on any atom is -0.482 e. The molecule has 8 heteroatoms. The average Bonchev–Trinajstić information content (AvgIpc) is 2.78. The van der Waals surface area contributed by atoms with Crippen molar-refractivity contribution in [3.05, 3.63) is 23.8 Å². The largest absolute Gasteiger partial charge is 0.482 e. The molecular formula is C24H34N2O6. The van der Waals surface area contributed by atoms with Gasteiger partial charge in [-0.2, -0.15) is 0 Å². The second kappa shape index (κ2) is 13.5. The third-order valence-corrected chi connectivity index (χ3v) is 5.49. The van der Waals surface area contributed by atoms with E-state index in [4.69, 9.17) is 9.84 Å². The number of anilines is 1. The van der Waals surface area contributed by atoms with Crippen molar-refractivity contribution in [2.45, 2.75) is 71.1 Å². The molecule has 1 heterocycles. The van der Waals surface area contributed by atoms with Crippen LogP contribution in [0.4, 0.5) is 5.69 Å². The lowest BCUT2D eigenvalue weighted by atomic mass is 10.1. The molecule has 0 bridgehead atoms. The van der Waals surface area contributed by atoms with Gasteiger partial charge in [-0.3, -0.25) is 24.1 Å². The van der Waals surface area contributed by atoms with Gasteiger partial charge in [-0.15, -0.1) is 0 Å². The molecule has 0 unspecified atom stereocenters. The van der Waals surface area contributed by atoms with E-state index in [-0.39, 0.29) is 37.2 Å². The Hall–Kier alpha value is -2.90. The quantitative estimate of drug-likeness (QED) is 0.314. The van der Waals surface area contributed by atoms with Crippen LogP contribution in [0.2, 0.25) is 0 Å². The molecular weight excluding hydrogens is 412 g/mol. The van der Waals surface area contributed by atoms with Crippen LogP contribution in [-0.2, 0) is 14.4 Å². The Bertz CT molecular complexity index is 808. The fourth-order valence-electron chi connectivity index (χ4n) is 3.64. The van der Waals surface area contributed by atoms with Gasteiger partial charge in [0.2, 0.25) is 5.91 Å². The van der Waals surface area contributed by atoms with E-state index in [9.17, 15) is 19.2 Å². The summed E-state index contributed by atoms with van der Waals surface area (Å²) >= 11 is 0. The van der Waals surface area contributed by atoms with Crippen LogP contribution in [0.15, 0.2) is 18.2 Å². The van der Waals surface area contributed by atoms with Gasteiger partial charge < -0.3 is 15.2 Å². The van der Waals surface area contributed by atoms with Gasteiger partial charge in [0.25, 0.3) is 5.91 Å². The van der Waals surface area contributed by atoms with E-state index in [2.05, 4.69) is 5.32 Å². The minimum absolute atomic E-state index is 0.0320. The number of hydrogen-bond acceptors (Lipinski definition) is 5. The number of carboxylic acids is 1. The maximum Gasteiger partial charge on any atom is 0.303 e. The summed E-state index contributed by atoms with van der Waals surface area (Å²) in [5, 5.41) is 11.5. The van der Waals surface area contributed by atoms with E-state index in [1.807, 2.05) is 0 Å². The van der Waals surface area contributed by atoms with Crippen molar-refractivity contribution in [2.24, 2.45) is 0 Å². The molecule has 1 aliphatic heterocycles. The first-order chi connectivity index (χ1) is 15.4. The van der Waals surface area contributed by atoms with Crippen LogP contribution in [0.1, 0.15) is 81.5 Å². The van der Waals surface area contributed by atoms with E-state index in [1.165, 1.54) is 4.90 Å². The lowest BCUT2D eigenvalue weighted by Gasteiger charge is -2.29. The lowest BCUT2D eigenvalue weighted by molar-refractivity contribution is -0.137. The Morgan fingerprint density at radius 1 is 1.03 bits per heavy atom. The molecule has 2 N–H and O–H groups in total. The molecule has 8 nitrogen and oxygen atoms in total. The van der Waals surface area contributed by atoms with Crippen LogP contribution in [0.5, 0.6) is 5.75 Å². The van der Waals surface area contributed by atoms with Crippen molar-refractivity contribution in [3.8, 4) is 5.75 Å². The number of amides is 2. The topological polar surface area (TPSA) is 113 Å². The first-order valence-corrected chi connectivity index (χ1v) is 11.5. The summed E-state index contributed by atoms with van der Waals surface area (Å²) in [4.78, 5) is 48.5. The first kappa shape index (κ1) is 25.4. The number of nitrogens with zero attached hydrogens (tertiary/aromatic N) is 1. The molecule has 1 aromatic carbocycles. The van der Waals surface area contributed by atoms with Gasteiger partial charge >= 0.3 is 5.97 Å². The Morgan fingerprint density at radius 3 is 2.34 bits per heavy atom. The van der Waals surface area contributed by atoms with Crippen molar-refractivity contribution in [2.75, 3.05) is 24.6 Å². The fraction of sp³-hybridized carbons (Fsp3) is 0.583. The molecule has 2 rings (SSSR count). The normalized spacial score (nSPS) is 12.8. The number of Topliss-reactive ketones (excluding diaryl/α,β-unsaturated/α-hetero) is 1. The minimum atomic E-state index is -0.731. The Balaban J connectivity index is 1.67. The highest BCUT2D eigenvalue weighted by molar-refractivity contribution is 6.04. The van der Waals surface area contributed by atoms with Crippen LogP contribution in [0.3, 0.4) is 0 Å². The summed E-state index contributed by atoms with van der Waals surface area (Å²) < 4.78 is 5.43. The highest BCUT2D eigenvalue weighted by atomic mass is 16.5. The van der Waals surface area contributed by atoms with E-state index in [0.717, 1.165) is 51.4 Å². The number of rotatable bonds is 15. The molecule has 0 fully saturated rings. The molecule has 2 amide bonds. The van der Waals surface area contributed by atoms with Gasteiger partial charge in [-0.25, -0.2) is 0 Å². The zero-order chi connectivity index (χ0) is 23.3. The number of carbonyl (C=O) groups is 4. The van der Waals surface area contributed by atoms with Crippen LogP contribution < -0.4 is 15.0 Å². The number of fused-ring (bicyclic) bond motifs is 1. The van der Waals surface area contributed by atoms with Crippen LogP contribution in [0.25, 0.3) is 0 Å². The van der Waals surface area contributed by atoms with E-state index in [1.54, 1.807) is 25.1 Å². The maximum atomic E-state index is 12.4. The predicted molar refractivity (Wildman–Crippen MR) is 121 cm³/mol. The number of nitrogens with one attached hydrogen (secondary N) is 1. The third-order valence-electron chi connectivity index (χ3n) is 5.49. The molecule has 0 spiro atoms. The number of hydrogen-bond donors (Lipinski definition) is 2. The number of aliphatic carboxylic acids is 1. The molecule has 176 valence electrons. The number of unbranched alkanes of at least 4 members (excludes halogenated alkanes) is 7. The second-order valence-electron chi connectivity index (χ2n) is 8.05. The van der Waals surface area contributed by atoms with Gasteiger partial charge in [0.05, 0.1) is 5.69 Å². The monoisotopic (exact) mass is 446 g/mol. The van der Waals surface area contributed by atoms with Gasteiger partial charge in [0.1, 0.15) is 12.3 Å². The highest BCUT2D eigenvalue weighted by Crippen LogP contribution is 2.33. The van der Waals surface area contributed by atoms with Gasteiger partial charge in [0.15, 0.2) is 12.4 Å². The van der Waals surface area contributed by atoms with E-state index in [0.29, 0.717) is 30.0 Å². The van der Waals surface area contributed by atoms with Crippen molar-refractivity contribution in [1.82, 2.24) is 5.32 Å². The lowest BCUT2D eigenvalue weighted by Crippen LogP contribution is -2.45. The summed E-state index contributed by atoms with van der Waals surface area (Å²) in [5.41, 5.74) is 0.955. The summed E-state index contributed by atoms with van der Waals surface area (Å²) in [6.07, 6.45) is 8.55. The Kier molecular flexibility index (Phi) is 10.7. The zero-order valence-corrected chi connectivity index (χ0v) is 18.9. The molecule has 1 aromatic rings. The zero-order valence-electron chi connectivity index (χ0n) is 18.9. The smallest absolute Gasteiger partial charge is 0.303 e. The molecule has 0 aliphatic carbocycles. The summed E-state index contributed by atoms with van der Waals surface area (Å²) in [5.74, 6) is -0.817. The Labute approximate surface area is 189 Å².